The van der Waals surface area contributed by atoms with Crippen molar-refractivity contribution >= 4 is 6.21 Å². The molecule has 0 aliphatic carbocycles. The largest absolute Gasteiger partial charge is 0.402 e. The third-order valence-corrected chi connectivity index (χ3v) is 2.13. The van der Waals surface area contributed by atoms with Crippen molar-refractivity contribution in [2.75, 3.05) is 19.6 Å². The van der Waals surface area contributed by atoms with Crippen molar-refractivity contribution in [3.63, 3.8) is 0 Å². The van der Waals surface area contributed by atoms with Crippen molar-refractivity contribution in [1.29, 1.82) is 5.41 Å². The first-order valence-electron chi connectivity index (χ1n) is 3.98. The zero-order valence-electron chi connectivity index (χ0n) is 6.93. The Bertz CT molecular complexity index is 184. The van der Waals surface area contributed by atoms with Crippen LogP contribution in [0.5, 0.6) is 0 Å². The molecule has 0 spiro atoms. The predicted octanol–water partition coefficient (Wildman–Crippen LogP) is 0.574. The average molecular weight is 153 g/mol. The molecule has 11 heavy (non-hydrogen) atoms. The maximum atomic E-state index is 7.10. The minimum Gasteiger partial charge on any atom is -0.402 e. The first kappa shape index (κ1) is 8.27. The van der Waals surface area contributed by atoms with Crippen LogP contribution in [0.2, 0.25) is 0 Å². The SMILES string of the molecule is CCN1CCC(N)=C(C=N)C1. The Morgan fingerprint density at radius 3 is 3.00 bits per heavy atom. The van der Waals surface area contributed by atoms with Gasteiger partial charge in [0.15, 0.2) is 0 Å². The van der Waals surface area contributed by atoms with E-state index >= 15 is 0 Å². The zero-order valence-corrected chi connectivity index (χ0v) is 6.93. The fourth-order valence-corrected chi connectivity index (χ4v) is 1.27. The number of nitrogens with zero attached hydrogens (tertiary/aromatic N) is 1. The van der Waals surface area contributed by atoms with Crippen molar-refractivity contribution in [3.05, 3.63) is 11.3 Å². The molecule has 0 saturated carbocycles. The molecule has 1 aliphatic heterocycles. The van der Waals surface area contributed by atoms with E-state index < -0.39 is 0 Å². The van der Waals surface area contributed by atoms with Crippen molar-refractivity contribution in [2.45, 2.75) is 13.3 Å². The summed E-state index contributed by atoms with van der Waals surface area (Å²) in [6.45, 7) is 5.07. The Hall–Kier alpha value is -0.830. The van der Waals surface area contributed by atoms with Crippen LogP contribution < -0.4 is 5.73 Å². The third-order valence-electron chi connectivity index (χ3n) is 2.13. The van der Waals surface area contributed by atoms with Crippen LogP contribution in [0, 0.1) is 5.41 Å². The zero-order chi connectivity index (χ0) is 8.27. The van der Waals surface area contributed by atoms with E-state index in [-0.39, 0.29) is 0 Å². The van der Waals surface area contributed by atoms with Gasteiger partial charge in [0.1, 0.15) is 0 Å². The number of hydrogen-bond acceptors (Lipinski definition) is 3. The van der Waals surface area contributed by atoms with Gasteiger partial charge in [0.05, 0.1) is 0 Å². The highest BCUT2D eigenvalue weighted by Gasteiger charge is 2.13. The molecule has 0 saturated heterocycles. The lowest BCUT2D eigenvalue weighted by atomic mass is 10.1. The van der Waals surface area contributed by atoms with E-state index in [9.17, 15) is 0 Å². The molecule has 0 radical (unpaired) electrons. The topological polar surface area (TPSA) is 53.1 Å². The van der Waals surface area contributed by atoms with E-state index in [1.54, 1.807) is 0 Å². The lowest BCUT2D eigenvalue weighted by Crippen LogP contribution is -2.33. The third kappa shape index (κ3) is 1.80. The van der Waals surface area contributed by atoms with Gasteiger partial charge in [-0.2, -0.15) is 0 Å². The predicted molar refractivity (Wildman–Crippen MR) is 46.7 cm³/mol. The number of nitrogens with two attached hydrogens (primary N) is 1. The molecule has 0 aromatic rings. The van der Waals surface area contributed by atoms with E-state index in [4.69, 9.17) is 11.1 Å². The first-order valence-corrected chi connectivity index (χ1v) is 3.98. The summed E-state index contributed by atoms with van der Waals surface area (Å²) in [4.78, 5) is 2.29. The summed E-state index contributed by atoms with van der Waals surface area (Å²) in [5, 5.41) is 7.10. The molecule has 0 atom stereocenters. The lowest BCUT2D eigenvalue weighted by molar-refractivity contribution is 0.305. The van der Waals surface area contributed by atoms with E-state index in [1.165, 1.54) is 6.21 Å². The number of hydrogen-bond donors (Lipinski definition) is 2. The van der Waals surface area contributed by atoms with Crippen molar-refractivity contribution in [1.82, 2.24) is 4.90 Å². The Morgan fingerprint density at radius 1 is 1.73 bits per heavy atom. The summed E-state index contributed by atoms with van der Waals surface area (Å²) in [5.74, 6) is 0. The van der Waals surface area contributed by atoms with Gasteiger partial charge in [0, 0.05) is 37.0 Å². The van der Waals surface area contributed by atoms with Crippen LogP contribution in [0.15, 0.2) is 11.3 Å². The number of rotatable bonds is 2. The Balaban J connectivity index is 2.65. The van der Waals surface area contributed by atoms with E-state index in [1.807, 2.05) is 0 Å². The van der Waals surface area contributed by atoms with Gasteiger partial charge < -0.3 is 11.1 Å². The summed E-state index contributed by atoms with van der Waals surface area (Å²) in [6.07, 6.45) is 2.29. The molecule has 0 fully saturated rings. The van der Waals surface area contributed by atoms with Gasteiger partial charge in [-0.3, -0.25) is 4.90 Å². The fraction of sp³-hybridized carbons (Fsp3) is 0.625. The van der Waals surface area contributed by atoms with Gasteiger partial charge in [-0.25, -0.2) is 0 Å². The van der Waals surface area contributed by atoms with Crippen LogP contribution >= 0.6 is 0 Å². The average Bonchev–Trinajstić information content (AvgIpc) is 2.05. The first-order chi connectivity index (χ1) is 5.27. The monoisotopic (exact) mass is 153 g/mol. The van der Waals surface area contributed by atoms with E-state index in [0.29, 0.717) is 0 Å². The second kappa shape index (κ2) is 3.53. The summed E-state index contributed by atoms with van der Waals surface area (Å²) in [7, 11) is 0. The molecule has 1 aliphatic rings. The van der Waals surface area contributed by atoms with E-state index in [0.717, 1.165) is 37.3 Å². The molecule has 3 heteroatoms. The second-order valence-electron chi connectivity index (χ2n) is 2.81. The highest BCUT2D eigenvalue weighted by Crippen LogP contribution is 2.11. The maximum Gasteiger partial charge on any atom is 0.0265 e. The molecule has 0 bridgehead atoms. The van der Waals surface area contributed by atoms with Gasteiger partial charge in [0.25, 0.3) is 0 Å². The van der Waals surface area contributed by atoms with Crippen LogP contribution in [-0.2, 0) is 0 Å². The fourth-order valence-electron chi connectivity index (χ4n) is 1.27. The normalized spacial score (nSPS) is 20.5. The minimum absolute atomic E-state index is 0.853. The summed E-state index contributed by atoms with van der Waals surface area (Å²) in [5.41, 5.74) is 7.59. The Kier molecular flexibility index (Phi) is 2.65. The Morgan fingerprint density at radius 2 is 2.45 bits per heavy atom. The van der Waals surface area contributed by atoms with Gasteiger partial charge in [-0.1, -0.05) is 6.92 Å². The molecule has 0 aromatic heterocycles. The molecule has 1 rings (SSSR count). The van der Waals surface area contributed by atoms with Crippen LogP contribution in [0.3, 0.4) is 0 Å². The van der Waals surface area contributed by atoms with Crippen LogP contribution in [-0.4, -0.2) is 30.7 Å². The highest BCUT2D eigenvalue weighted by atomic mass is 15.1. The molecule has 0 unspecified atom stereocenters. The molecular weight excluding hydrogens is 138 g/mol. The quantitative estimate of drug-likeness (QED) is 0.570. The molecule has 0 amide bonds. The van der Waals surface area contributed by atoms with Gasteiger partial charge >= 0.3 is 0 Å². The number of likely N-dealkylation sites (N-methyl/N-ethyl adjacent to an activating group) is 1. The molecular formula is C8H15N3. The minimum atomic E-state index is 0.853. The van der Waals surface area contributed by atoms with Gasteiger partial charge in [0.2, 0.25) is 0 Å². The summed E-state index contributed by atoms with van der Waals surface area (Å²) < 4.78 is 0. The van der Waals surface area contributed by atoms with Crippen LogP contribution in [0.1, 0.15) is 13.3 Å². The van der Waals surface area contributed by atoms with Crippen LogP contribution in [0.25, 0.3) is 0 Å². The van der Waals surface area contributed by atoms with Gasteiger partial charge in [-0.15, -0.1) is 0 Å². The summed E-state index contributed by atoms with van der Waals surface area (Å²) >= 11 is 0. The summed E-state index contributed by atoms with van der Waals surface area (Å²) in [6, 6.07) is 0. The molecule has 3 N–H and O–H groups in total. The molecule has 0 aromatic carbocycles. The van der Waals surface area contributed by atoms with Crippen LogP contribution in [0.4, 0.5) is 0 Å². The lowest BCUT2D eigenvalue weighted by Gasteiger charge is -2.26. The van der Waals surface area contributed by atoms with Crippen molar-refractivity contribution < 1.29 is 0 Å². The van der Waals surface area contributed by atoms with Crippen molar-refractivity contribution in [2.24, 2.45) is 5.73 Å². The van der Waals surface area contributed by atoms with Crippen molar-refractivity contribution in [3.8, 4) is 0 Å². The molecule has 62 valence electrons. The molecule has 3 nitrogen and oxygen atoms in total. The molecule has 1 heterocycles. The van der Waals surface area contributed by atoms with Gasteiger partial charge in [-0.05, 0) is 6.54 Å². The Labute approximate surface area is 67.4 Å². The highest BCUT2D eigenvalue weighted by molar-refractivity contribution is 5.77. The number of nitrogens with one attached hydrogen (secondary N) is 1. The maximum absolute atomic E-state index is 7.10. The smallest absolute Gasteiger partial charge is 0.0265 e. The van der Waals surface area contributed by atoms with E-state index in [2.05, 4.69) is 11.8 Å². The standard InChI is InChI=1S/C8H15N3/c1-2-11-4-3-8(10)7(5-9)6-11/h5,9H,2-4,6,10H2,1H3. The second-order valence-corrected chi connectivity index (χ2v) is 2.81.